The van der Waals surface area contributed by atoms with Crippen molar-refractivity contribution in [1.29, 1.82) is 0 Å². The van der Waals surface area contributed by atoms with Crippen molar-refractivity contribution in [2.75, 3.05) is 6.61 Å². The van der Waals surface area contributed by atoms with E-state index in [0.29, 0.717) is 12.4 Å². The molecule has 1 atom stereocenters. The number of thiophene rings is 1. The van der Waals surface area contributed by atoms with E-state index in [4.69, 9.17) is 4.18 Å². The third-order valence-corrected chi connectivity index (χ3v) is 2.91. The molecule has 0 saturated carbocycles. The smallest absolute Gasteiger partial charge is 0.160 e. The van der Waals surface area contributed by atoms with Crippen molar-refractivity contribution in [3.05, 3.63) is 22.4 Å². The molecule has 0 aliphatic rings. The first-order valence-electron chi connectivity index (χ1n) is 3.35. The molecular formula is C7H10O2S2. The van der Waals surface area contributed by atoms with Crippen LogP contribution in [-0.2, 0) is 21.0 Å². The van der Waals surface area contributed by atoms with Gasteiger partial charge in [0.25, 0.3) is 0 Å². The van der Waals surface area contributed by atoms with Gasteiger partial charge in [-0.2, -0.15) is 11.3 Å². The highest BCUT2D eigenvalue weighted by Gasteiger charge is 2.00. The van der Waals surface area contributed by atoms with Crippen LogP contribution >= 0.6 is 11.3 Å². The molecule has 0 aromatic carbocycles. The van der Waals surface area contributed by atoms with Crippen LogP contribution in [0.2, 0.25) is 0 Å². The first-order valence-corrected chi connectivity index (χ1v) is 5.54. The van der Waals surface area contributed by atoms with E-state index in [-0.39, 0.29) is 0 Å². The Labute approximate surface area is 72.9 Å². The van der Waals surface area contributed by atoms with Crippen molar-refractivity contribution in [1.82, 2.24) is 0 Å². The molecule has 62 valence electrons. The number of hydrogen-bond donors (Lipinski definition) is 0. The van der Waals surface area contributed by atoms with Crippen LogP contribution < -0.4 is 0 Å². The number of hydrogen-bond acceptors (Lipinski definition) is 3. The average Bonchev–Trinajstić information content (AvgIpc) is 2.40. The zero-order valence-electron chi connectivity index (χ0n) is 6.28. The summed E-state index contributed by atoms with van der Waals surface area (Å²) in [4.78, 5) is 0. The summed E-state index contributed by atoms with van der Waals surface area (Å²) >= 11 is 0.467. The largest absolute Gasteiger partial charge is 0.291 e. The minimum atomic E-state index is -1.14. The lowest BCUT2D eigenvalue weighted by atomic mass is 10.4. The lowest BCUT2D eigenvalue weighted by Gasteiger charge is -1.96. The van der Waals surface area contributed by atoms with Gasteiger partial charge in [-0.05, 0) is 29.3 Å². The summed E-state index contributed by atoms with van der Waals surface area (Å²) in [6.07, 6.45) is 0. The first-order chi connectivity index (χ1) is 5.33. The Hall–Kier alpha value is -0.190. The molecule has 0 fully saturated rings. The summed E-state index contributed by atoms with van der Waals surface area (Å²) < 4.78 is 15.9. The second kappa shape index (κ2) is 4.64. The fourth-order valence-electron chi connectivity index (χ4n) is 0.684. The highest BCUT2D eigenvalue weighted by atomic mass is 32.2. The Morgan fingerprint density at radius 3 is 3.09 bits per heavy atom. The molecular weight excluding hydrogens is 180 g/mol. The van der Waals surface area contributed by atoms with Gasteiger partial charge in [0.2, 0.25) is 0 Å². The van der Waals surface area contributed by atoms with Crippen LogP contribution in [0.5, 0.6) is 0 Å². The van der Waals surface area contributed by atoms with Crippen molar-refractivity contribution >= 4 is 22.4 Å². The molecule has 11 heavy (non-hydrogen) atoms. The highest BCUT2D eigenvalue weighted by Crippen LogP contribution is 2.08. The van der Waals surface area contributed by atoms with E-state index in [1.165, 1.54) is 0 Å². The Balaban J connectivity index is 2.37. The summed E-state index contributed by atoms with van der Waals surface area (Å²) in [5.41, 5.74) is 1.08. The van der Waals surface area contributed by atoms with Gasteiger partial charge in [-0.15, -0.1) is 0 Å². The van der Waals surface area contributed by atoms with Gasteiger partial charge < -0.3 is 0 Å². The lowest BCUT2D eigenvalue weighted by Crippen LogP contribution is -1.98. The quantitative estimate of drug-likeness (QED) is 0.725. The van der Waals surface area contributed by atoms with E-state index >= 15 is 0 Å². The standard InChI is InChI=1S/C7H10O2S2/c1-2-9-11(8)6-7-3-4-10-5-7/h3-5H,2,6H2,1H3/t11-/m1/s1. The van der Waals surface area contributed by atoms with Crippen molar-refractivity contribution in [3.8, 4) is 0 Å². The summed E-state index contributed by atoms with van der Waals surface area (Å²) in [6, 6.07) is 1.96. The molecule has 0 spiro atoms. The summed E-state index contributed by atoms with van der Waals surface area (Å²) in [6.45, 7) is 2.35. The fourth-order valence-corrected chi connectivity index (χ4v) is 2.26. The predicted molar refractivity (Wildman–Crippen MR) is 47.8 cm³/mol. The van der Waals surface area contributed by atoms with Crippen molar-refractivity contribution in [3.63, 3.8) is 0 Å². The predicted octanol–water partition coefficient (Wildman–Crippen LogP) is 1.95. The Morgan fingerprint density at radius 1 is 1.73 bits per heavy atom. The highest BCUT2D eigenvalue weighted by molar-refractivity contribution is 7.79. The second-order valence-corrected chi connectivity index (χ2v) is 3.90. The maximum absolute atomic E-state index is 11.0. The molecule has 0 N–H and O–H groups in total. The van der Waals surface area contributed by atoms with E-state index in [0.717, 1.165) is 5.56 Å². The Morgan fingerprint density at radius 2 is 2.55 bits per heavy atom. The molecule has 0 amide bonds. The van der Waals surface area contributed by atoms with Gasteiger partial charge in [-0.25, -0.2) is 4.21 Å². The maximum atomic E-state index is 11.0. The van der Waals surface area contributed by atoms with Gasteiger partial charge in [-0.1, -0.05) is 0 Å². The molecule has 1 heterocycles. The van der Waals surface area contributed by atoms with Crippen molar-refractivity contribution in [2.24, 2.45) is 0 Å². The second-order valence-electron chi connectivity index (χ2n) is 1.99. The van der Waals surface area contributed by atoms with Gasteiger partial charge in [0.1, 0.15) is 0 Å². The minimum absolute atomic E-state index is 0.511. The molecule has 1 aromatic rings. The molecule has 0 saturated heterocycles. The molecule has 0 bridgehead atoms. The first kappa shape index (κ1) is 8.90. The number of rotatable bonds is 4. The molecule has 0 aliphatic heterocycles. The molecule has 1 rings (SSSR count). The van der Waals surface area contributed by atoms with Crippen molar-refractivity contribution < 1.29 is 8.39 Å². The normalized spacial score (nSPS) is 13.2. The molecule has 1 aromatic heterocycles. The van der Waals surface area contributed by atoms with Gasteiger partial charge >= 0.3 is 0 Å². The average molecular weight is 190 g/mol. The van der Waals surface area contributed by atoms with E-state index in [1.807, 2.05) is 23.8 Å². The molecule has 0 aliphatic carbocycles. The van der Waals surface area contributed by atoms with E-state index < -0.39 is 11.1 Å². The SMILES string of the molecule is CCO[S@@](=O)Cc1ccsc1. The van der Waals surface area contributed by atoms with Crippen LogP contribution in [0, 0.1) is 0 Å². The summed E-state index contributed by atoms with van der Waals surface area (Å²) in [5.74, 6) is 0.511. The molecule has 4 heteroatoms. The zero-order chi connectivity index (χ0) is 8.10. The summed E-state index contributed by atoms with van der Waals surface area (Å²) in [7, 11) is 0. The van der Waals surface area contributed by atoms with E-state index in [2.05, 4.69) is 0 Å². The Kier molecular flexibility index (Phi) is 3.76. The zero-order valence-corrected chi connectivity index (χ0v) is 7.91. The van der Waals surface area contributed by atoms with Gasteiger partial charge in [0.05, 0.1) is 12.4 Å². The lowest BCUT2D eigenvalue weighted by molar-refractivity contribution is 0.371. The monoisotopic (exact) mass is 190 g/mol. The maximum Gasteiger partial charge on any atom is 0.160 e. The van der Waals surface area contributed by atoms with Crippen LogP contribution in [0.25, 0.3) is 0 Å². The van der Waals surface area contributed by atoms with Crippen LogP contribution in [0.3, 0.4) is 0 Å². The van der Waals surface area contributed by atoms with E-state index in [1.54, 1.807) is 11.3 Å². The van der Waals surface area contributed by atoms with Crippen LogP contribution in [0.1, 0.15) is 12.5 Å². The summed E-state index contributed by atoms with van der Waals surface area (Å²) in [5, 5.41) is 3.95. The van der Waals surface area contributed by atoms with Crippen molar-refractivity contribution in [2.45, 2.75) is 12.7 Å². The third kappa shape index (κ3) is 3.14. The molecule has 0 unspecified atom stereocenters. The molecule has 0 radical (unpaired) electrons. The topological polar surface area (TPSA) is 26.3 Å². The molecule has 2 nitrogen and oxygen atoms in total. The van der Waals surface area contributed by atoms with Crippen LogP contribution in [-0.4, -0.2) is 10.8 Å². The fraction of sp³-hybridized carbons (Fsp3) is 0.429. The van der Waals surface area contributed by atoms with E-state index in [9.17, 15) is 4.21 Å². The van der Waals surface area contributed by atoms with Gasteiger partial charge in [0.15, 0.2) is 11.1 Å². The third-order valence-electron chi connectivity index (χ3n) is 1.11. The van der Waals surface area contributed by atoms with Gasteiger partial charge in [-0.3, -0.25) is 4.18 Å². The minimum Gasteiger partial charge on any atom is -0.291 e. The van der Waals surface area contributed by atoms with Crippen LogP contribution in [0.4, 0.5) is 0 Å². The Bertz CT molecular complexity index is 218. The van der Waals surface area contributed by atoms with Gasteiger partial charge in [0, 0.05) is 0 Å². The van der Waals surface area contributed by atoms with Crippen LogP contribution in [0.15, 0.2) is 16.8 Å².